The number of benzene rings is 1. The van der Waals surface area contributed by atoms with Crippen LogP contribution in [0, 0.1) is 12.7 Å². The number of aromatic amines is 1. The van der Waals surface area contributed by atoms with Crippen LogP contribution in [0.4, 0.5) is 4.39 Å². The number of aryl methyl sites for hydroxylation is 1. The summed E-state index contributed by atoms with van der Waals surface area (Å²) in [5.74, 6) is 2.31. The molecule has 0 spiro atoms. The first-order valence-electron chi connectivity index (χ1n) is 14.5. The predicted octanol–water partition coefficient (Wildman–Crippen LogP) is 4.53. The summed E-state index contributed by atoms with van der Waals surface area (Å²) in [6.07, 6.45) is 6.00. The van der Waals surface area contributed by atoms with Crippen molar-refractivity contribution in [3.8, 4) is 17.3 Å². The fourth-order valence-corrected chi connectivity index (χ4v) is 5.62. The molecule has 6 heterocycles. The number of piperidine rings is 1. The van der Waals surface area contributed by atoms with Crippen LogP contribution in [0.2, 0.25) is 5.02 Å². The molecule has 0 aliphatic carbocycles. The lowest BCUT2D eigenvalue weighted by atomic mass is 10.1. The third-order valence-electron chi connectivity index (χ3n) is 7.93. The molecule has 11 nitrogen and oxygen atoms in total. The Balaban J connectivity index is 1.02. The summed E-state index contributed by atoms with van der Waals surface area (Å²) in [7, 11) is 0. The number of hydrogen-bond acceptors (Lipinski definition) is 9. The van der Waals surface area contributed by atoms with Gasteiger partial charge in [0.1, 0.15) is 29.1 Å². The lowest BCUT2D eigenvalue weighted by Crippen LogP contribution is -2.39. The van der Waals surface area contributed by atoms with Gasteiger partial charge in [-0.05, 0) is 49.9 Å². The Bertz CT molecular complexity index is 1730. The highest BCUT2D eigenvalue weighted by molar-refractivity contribution is 6.30. The average molecular weight is 604 g/mol. The van der Waals surface area contributed by atoms with E-state index < -0.39 is 5.82 Å². The first kappa shape index (κ1) is 27.8. The van der Waals surface area contributed by atoms with Crippen molar-refractivity contribution in [3.63, 3.8) is 0 Å². The molecular formula is C30H31ClFN9O2. The molecule has 0 bridgehead atoms. The molecule has 0 unspecified atom stereocenters. The van der Waals surface area contributed by atoms with Gasteiger partial charge in [-0.2, -0.15) is 9.37 Å². The number of rotatable bonds is 9. The average Bonchev–Trinajstić information content (AvgIpc) is 3.57. The van der Waals surface area contributed by atoms with Gasteiger partial charge in [0.15, 0.2) is 11.5 Å². The number of nitrogens with zero attached hydrogens (tertiary/aromatic N) is 8. The van der Waals surface area contributed by atoms with Crippen molar-refractivity contribution in [2.45, 2.75) is 57.9 Å². The van der Waals surface area contributed by atoms with Gasteiger partial charge in [-0.25, -0.2) is 15.0 Å². The highest BCUT2D eigenvalue weighted by Crippen LogP contribution is 2.26. The summed E-state index contributed by atoms with van der Waals surface area (Å²) in [4.78, 5) is 23.8. The van der Waals surface area contributed by atoms with Gasteiger partial charge >= 0.3 is 0 Å². The van der Waals surface area contributed by atoms with Gasteiger partial charge in [0.05, 0.1) is 25.4 Å². The Labute approximate surface area is 252 Å². The molecular weight excluding hydrogens is 573 g/mol. The number of halogens is 2. The summed E-state index contributed by atoms with van der Waals surface area (Å²) in [5.41, 5.74) is 3.48. The molecule has 1 aromatic carbocycles. The number of nitrogens with one attached hydrogen (secondary N) is 1. The normalized spacial score (nSPS) is 17.8. The highest BCUT2D eigenvalue weighted by atomic mass is 35.5. The minimum absolute atomic E-state index is 0.00327. The second-order valence-corrected chi connectivity index (χ2v) is 11.5. The van der Waals surface area contributed by atoms with Crippen molar-refractivity contribution in [2.75, 3.05) is 19.7 Å². The molecule has 0 amide bonds. The standard InChI is InChI=1S/C30H31ClFN9O2/c1-18-35-28(39-38-18)20-13-25-29(34-14-20)41(16-23-8-11-42-23)27(36-25)17-40-9-6-22(7-10-40)43-30-24(32)15-33-26(37-30)12-19-2-4-21(31)5-3-19/h2-5,13-15,22-23H,6-12,16-17H2,1H3,(H,35,38,39)/t23-/m0/s1. The fourth-order valence-electron chi connectivity index (χ4n) is 5.49. The number of likely N-dealkylation sites (tertiary alicyclic amines) is 1. The van der Waals surface area contributed by atoms with Crippen LogP contribution in [0.15, 0.2) is 42.7 Å². The topological polar surface area (TPSA) is 120 Å². The summed E-state index contributed by atoms with van der Waals surface area (Å²) < 4.78 is 28.6. The van der Waals surface area contributed by atoms with Crippen LogP contribution < -0.4 is 4.74 Å². The van der Waals surface area contributed by atoms with Crippen LogP contribution in [0.5, 0.6) is 5.88 Å². The summed E-state index contributed by atoms with van der Waals surface area (Å²) in [6.45, 7) is 5.61. The highest BCUT2D eigenvalue weighted by Gasteiger charge is 2.27. The molecule has 2 fully saturated rings. The van der Waals surface area contributed by atoms with E-state index in [2.05, 4.69) is 34.6 Å². The number of hydrogen-bond donors (Lipinski definition) is 1. The molecule has 0 saturated carbocycles. The van der Waals surface area contributed by atoms with E-state index in [0.717, 1.165) is 72.9 Å². The van der Waals surface area contributed by atoms with E-state index in [1.165, 1.54) is 6.20 Å². The second kappa shape index (κ2) is 11.9. The molecule has 5 aromatic rings. The molecule has 43 heavy (non-hydrogen) atoms. The Hall–Kier alpha value is -4.00. The van der Waals surface area contributed by atoms with Gasteiger partial charge in [0, 0.05) is 42.9 Å². The number of fused-ring (bicyclic) bond motifs is 1. The van der Waals surface area contributed by atoms with Crippen LogP contribution in [-0.2, 0) is 24.2 Å². The Morgan fingerprint density at radius 3 is 2.60 bits per heavy atom. The van der Waals surface area contributed by atoms with Crippen molar-refractivity contribution in [1.82, 2.24) is 44.6 Å². The molecule has 4 aromatic heterocycles. The predicted molar refractivity (Wildman–Crippen MR) is 157 cm³/mol. The zero-order chi connectivity index (χ0) is 29.3. The number of aromatic nitrogens is 8. The first-order valence-corrected chi connectivity index (χ1v) is 14.9. The number of pyridine rings is 1. The maximum Gasteiger partial charge on any atom is 0.254 e. The Morgan fingerprint density at radius 2 is 1.88 bits per heavy atom. The third kappa shape index (κ3) is 6.22. The molecule has 2 aliphatic rings. The van der Waals surface area contributed by atoms with Crippen molar-refractivity contribution in [1.29, 1.82) is 0 Å². The second-order valence-electron chi connectivity index (χ2n) is 11.1. The quantitative estimate of drug-likeness (QED) is 0.259. The van der Waals surface area contributed by atoms with Gasteiger partial charge in [0.2, 0.25) is 5.82 Å². The van der Waals surface area contributed by atoms with Crippen molar-refractivity contribution in [2.24, 2.45) is 0 Å². The van der Waals surface area contributed by atoms with E-state index in [1.807, 2.05) is 43.5 Å². The smallest absolute Gasteiger partial charge is 0.254 e. The van der Waals surface area contributed by atoms with E-state index in [9.17, 15) is 4.39 Å². The molecule has 222 valence electrons. The van der Waals surface area contributed by atoms with Crippen LogP contribution >= 0.6 is 11.6 Å². The van der Waals surface area contributed by atoms with E-state index in [-0.39, 0.29) is 18.1 Å². The maximum absolute atomic E-state index is 14.6. The largest absolute Gasteiger partial charge is 0.472 e. The number of ether oxygens (including phenoxy) is 2. The van der Waals surface area contributed by atoms with Crippen molar-refractivity contribution >= 4 is 22.8 Å². The SMILES string of the molecule is Cc1nnc(-c2cnc3c(c2)nc(CN2CCC(Oc4nc(Cc5ccc(Cl)cc5)ncc4F)CC2)n3C[C@@H]2CCO2)[nH]1. The molecule has 0 radical (unpaired) electrons. The van der Waals surface area contributed by atoms with Gasteiger partial charge < -0.3 is 19.0 Å². The summed E-state index contributed by atoms with van der Waals surface area (Å²) >= 11 is 5.98. The molecule has 2 aliphatic heterocycles. The molecule has 1 atom stereocenters. The molecule has 7 rings (SSSR count). The molecule has 13 heteroatoms. The van der Waals surface area contributed by atoms with Crippen molar-refractivity contribution < 1.29 is 13.9 Å². The minimum Gasteiger partial charge on any atom is -0.472 e. The van der Waals surface area contributed by atoms with E-state index in [0.29, 0.717) is 36.2 Å². The minimum atomic E-state index is -0.554. The third-order valence-corrected chi connectivity index (χ3v) is 8.18. The zero-order valence-electron chi connectivity index (χ0n) is 23.7. The van der Waals surface area contributed by atoms with Gasteiger partial charge in [0.25, 0.3) is 5.88 Å². The molecule has 1 N–H and O–H groups in total. The first-order chi connectivity index (χ1) is 21.0. The Kier molecular flexibility index (Phi) is 7.72. The summed E-state index contributed by atoms with van der Waals surface area (Å²) in [5, 5.41) is 8.93. The number of imidazole rings is 1. The summed E-state index contributed by atoms with van der Waals surface area (Å²) in [6, 6.07) is 9.45. The van der Waals surface area contributed by atoms with Crippen LogP contribution in [-0.4, -0.2) is 76.5 Å². The van der Waals surface area contributed by atoms with E-state index in [4.69, 9.17) is 31.0 Å². The van der Waals surface area contributed by atoms with Crippen LogP contribution in [0.25, 0.3) is 22.6 Å². The lowest BCUT2D eigenvalue weighted by molar-refractivity contribution is -0.0593. The van der Waals surface area contributed by atoms with Crippen LogP contribution in [0.1, 0.15) is 42.3 Å². The molecule has 2 saturated heterocycles. The maximum atomic E-state index is 14.6. The van der Waals surface area contributed by atoms with Gasteiger partial charge in [-0.3, -0.25) is 4.90 Å². The lowest BCUT2D eigenvalue weighted by Gasteiger charge is -2.32. The van der Waals surface area contributed by atoms with E-state index in [1.54, 1.807) is 0 Å². The Morgan fingerprint density at radius 1 is 1.07 bits per heavy atom. The van der Waals surface area contributed by atoms with Crippen LogP contribution in [0.3, 0.4) is 0 Å². The fraction of sp³-hybridized carbons (Fsp3) is 0.400. The number of H-pyrrole nitrogens is 1. The zero-order valence-corrected chi connectivity index (χ0v) is 24.5. The van der Waals surface area contributed by atoms with Crippen molar-refractivity contribution in [3.05, 3.63) is 76.6 Å². The van der Waals surface area contributed by atoms with Gasteiger partial charge in [-0.1, -0.05) is 23.7 Å². The van der Waals surface area contributed by atoms with Gasteiger partial charge in [-0.15, -0.1) is 10.2 Å². The van der Waals surface area contributed by atoms with E-state index >= 15 is 0 Å². The monoisotopic (exact) mass is 603 g/mol.